The number of hydrogen-bond acceptors (Lipinski definition) is 3. The third-order valence-electron chi connectivity index (χ3n) is 3.19. The zero-order valence-electron chi connectivity index (χ0n) is 9.62. The van der Waals surface area contributed by atoms with E-state index in [2.05, 4.69) is 16.7 Å². The molecule has 88 valence electrons. The molecule has 1 heterocycles. The predicted octanol–water partition coefficient (Wildman–Crippen LogP) is 2.06. The third-order valence-corrected chi connectivity index (χ3v) is 3.52. The van der Waals surface area contributed by atoms with Gasteiger partial charge in [-0.3, -0.25) is 0 Å². The number of likely N-dealkylation sites (N-methyl/N-ethyl adjacent to an activating group) is 1. The lowest BCUT2D eigenvalue weighted by atomic mass is 10.2. The maximum atomic E-state index is 6.03. The van der Waals surface area contributed by atoms with Crippen LogP contribution in [0.15, 0.2) is 18.2 Å². The zero-order chi connectivity index (χ0) is 11.5. The molecular weight excluding hydrogens is 222 g/mol. The minimum atomic E-state index is 0.649. The van der Waals surface area contributed by atoms with Crippen molar-refractivity contribution >= 4 is 23.0 Å². The van der Waals surface area contributed by atoms with E-state index >= 15 is 0 Å². The highest BCUT2D eigenvalue weighted by molar-refractivity contribution is 6.33. The van der Waals surface area contributed by atoms with Crippen molar-refractivity contribution in [1.29, 1.82) is 0 Å². The summed E-state index contributed by atoms with van der Waals surface area (Å²) in [5, 5.41) is 0.649. The van der Waals surface area contributed by atoms with Crippen LogP contribution in [0.5, 0.6) is 0 Å². The molecule has 1 fully saturated rings. The van der Waals surface area contributed by atoms with E-state index in [1.54, 1.807) is 0 Å². The molecule has 0 radical (unpaired) electrons. The molecular formula is C12H18ClN3. The fraction of sp³-hybridized carbons (Fsp3) is 0.500. The number of halogens is 1. The number of para-hydroxylation sites is 1. The Labute approximate surface area is 102 Å². The summed E-state index contributed by atoms with van der Waals surface area (Å²) in [4.78, 5) is 4.75. The van der Waals surface area contributed by atoms with Crippen molar-refractivity contribution in [3.05, 3.63) is 23.2 Å². The van der Waals surface area contributed by atoms with Gasteiger partial charge in [-0.2, -0.15) is 0 Å². The Balaban J connectivity index is 2.11. The Morgan fingerprint density at radius 3 is 2.56 bits per heavy atom. The van der Waals surface area contributed by atoms with Gasteiger partial charge < -0.3 is 15.5 Å². The van der Waals surface area contributed by atoms with E-state index in [-0.39, 0.29) is 0 Å². The van der Waals surface area contributed by atoms with Gasteiger partial charge in [0.2, 0.25) is 0 Å². The minimum Gasteiger partial charge on any atom is -0.396 e. The average molecular weight is 240 g/mol. The van der Waals surface area contributed by atoms with E-state index in [0.717, 1.165) is 38.4 Å². The Kier molecular flexibility index (Phi) is 3.56. The predicted molar refractivity (Wildman–Crippen MR) is 70.2 cm³/mol. The molecule has 3 nitrogen and oxygen atoms in total. The zero-order valence-corrected chi connectivity index (χ0v) is 10.4. The van der Waals surface area contributed by atoms with Gasteiger partial charge in [-0.1, -0.05) is 24.6 Å². The number of nitrogens with zero attached hydrogens (tertiary/aromatic N) is 2. The maximum Gasteiger partial charge on any atom is 0.0741 e. The summed E-state index contributed by atoms with van der Waals surface area (Å²) in [5.41, 5.74) is 7.77. The Hall–Kier alpha value is -0.930. The molecule has 1 aliphatic heterocycles. The quantitative estimate of drug-likeness (QED) is 0.802. The van der Waals surface area contributed by atoms with Crippen LogP contribution in [-0.4, -0.2) is 37.6 Å². The van der Waals surface area contributed by atoms with Gasteiger partial charge in [-0.05, 0) is 18.7 Å². The van der Waals surface area contributed by atoms with Crippen molar-refractivity contribution in [3.63, 3.8) is 0 Å². The van der Waals surface area contributed by atoms with Crippen LogP contribution < -0.4 is 10.6 Å². The summed E-state index contributed by atoms with van der Waals surface area (Å²) in [7, 11) is 0. The monoisotopic (exact) mass is 239 g/mol. The first-order chi connectivity index (χ1) is 7.72. The highest BCUT2D eigenvalue weighted by Crippen LogP contribution is 2.30. The summed E-state index contributed by atoms with van der Waals surface area (Å²) < 4.78 is 0. The van der Waals surface area contributed by atoms with Crippen molar-refractivity contribution < 1.29 is 0 Å². The van der Waals surface area contributed by atoms with Gasteiger partial charge in [-0.25, -0.2) is 0 Å². The molecule has 0 aromatic heterocycles. The second-order valence-electron chi connectivity index (χ2n) is 4.09. The Bertz CT molecular complexity index is 359. The molecule has 1 aliphatic rings. The van der Waals surface area contributed by atoms with Gasteiger partial charge in [0.05, 0.1) is 16.4 Å². The number of hydrogen-bond donors (Lipinski definition) is 1. The summed E-state index contributed by atoms with van der Waals surface area (Å²) in [6.45, 7) is 7.57. The van der Waals surface area contributed by atoms with E-state index in [1.165, 1.54) is 0 Å². The van der Waals surface area contributed by atoms with E-state index in [1.807, 2.05) is 18.2 Å². The molecule has 0 spiro atoms. The fourth-order valence-corrected chi connectivity index (χ4v) is 2.28. The molecule has 2 N–H and O–H groups in total. The lowest BCUT2D eigenvalue weighted by Gasteiger charge is -2.36. The number of piperazine rings is 1. The van der Waals surface area contributed by atoms with Gasteiger partial charge in [0.15, 0.2) is 0 Å². The Morgan fingerprint density at radius 1 is 1.25 bits per heavy atom. The van der Waals surface area contributed by atoms with Gasteiger partial charge in [0, 0.05) is 26.2 Å². The van der Waals surface area contributed by atoms with Crippen molar-refractivity contribution in [2.45, 2.75) is 6.92 Å². The topological polar surface area (TPSA) is 32.5 Å². The van der Waals surface area contributed by atoms with Crippen molar-refractivity contribution in [2.75, 3.05) is 43.4 Å². The second kappa shape index (κ2) is 4.93. The molecule has 0 amide bonds. The van der Waals surface area contributed by atoms with E-state index in [9.17, 15) is 0 Å². The molecule has 0 saturated carbocycles. The molecule has 1 aromatic rings. The lowest BCUT2D eigenvalue weighted by Crippen LogP contribution is -2.46. The van der Waals surface area contributed by atoms with E-state index < -0.39 is 0 Å². The summed E-state index contributed by atoms with van der Waals surface area (Å²) in [6, 6.07) is 5.84. The number of benzene rings is 1. The normalized spacial score (nSPS) is 17.8. The van der Waals surface area contributed by atoms with Gasteiger partial charge in [0.1, 0.15) is 0 Å². The van der Waals surface area contributed by atoms with Crippen molar-refractivity contribution in [2.24, 2.45) is 0 Å². The van der Waals surface area contributed by atoms with Crippen LogP contribution in [0.2, 0.25) is 5.02 Å². The number of rotatable bonds is 2. The molecule has 0 unspecified atom stereocenters. The largest absolute Gasteiger partial charge is 0.396 e. The van der Waals surface area contributed by atoms with Crippen LogP contribution in [0.1, 0.15) is 6.92 Å². The highest BCUT2D eigenvalue weighted by Gasteiger charge is 2.17. The molecule has 1 aromatic carbocycles. The van der Waals surface area contributed by atoms with Crippen LogP contribution in [0.25, 0.3) is 0 Å². The van der Waals surface area contributed by atoms with Gasteiger partial charge in [-0.15, -0.1) is 0 Å². The first kappa shape index (κ1) is 11.6. The van der Waals surface area contributed by atoms with Crippen LogP contribution >= 0.6 is 11.6 Å². The lowest BCUT2D eigenvalue weighted by molar-refractivity contribution is 0.271. The Morgan fingerprint density at radius 2 is 1.94 bits per heavy atom. The summed E-state index contributed by atoms with van der Waals surface area (Å²) >= 11 is 6.03. The fourth-order valence-electron chi connectivity index (χ4n) is 2.11. The van der Waals surface area contributed by atoms with Crippen LogP contribution in [-0.2, 0) is 0 Å². The SMILES string of the molecule is CCN1CCN(c2cccc(Cl)c2N)CC1. The van der Waals surface area contributed by atoms with Gasteiger partial charge in [0.25, 0.3) is 0 Å². The average Bonchev–Trinajstić information content (AvgIpc) is 2.33. The van der Waals surface area contributed by atoms with Crippen LogP contribution in [0, 0.1) is 0 Å². The minimum absolute atomic E-state index is 0.649. The van der Waals surface area contributed by atoms with Gasteiger partial charge >= 0.3 is 0 Å². The highest BCUT2D eigenvalue weighted by atomic mass is 35.5. The standard InChI is InChI=1S/C12H18ClN3/c1-2-15-6-8-16(9-7-15)11-5-3-4-10(13)12(11)14/h3-5H,2,6-9,14H2,1H3. The molecule has 16 heavy (non-hydrogen) atoms. The van der Waals surface area contributed by atoms with E-state index in [4.69, 9.17) is 17.3 Å². The molecule has 0 bridgehead atoms. The first-order valence-corrected chi connectivity index (χ1v) is 6.11. The summed E-state index contributed by atoms with van der Waals surface area (Å²) in [5.74, 6) is 0. The molecule has 4 heteroatoms. The molecule has 1 saturated heterocycles. The number of nitrogen functional groups attached to an aromatic ring is 1. The second-order valence-corrected chi connectivity index (χ2v) is 4.50. The number of nitrogens with two attached hydrogens (primary N) is 1. The molecule has 0 aliphatic carbocycles. The summed E-state index contributed by atoms with van der Waals surface area (Å²) in [6.07, 6.45) is 0. The maximum absolute atomic E-state index is 6.03. The molecule has 0 atom stereocenters. The smallest absolute Gasteiger partial charge is 0.0741 e. The third kappa shape index (κ3) is 2.25. The van der Waals surface area contributed by atoms with Crippen LogP contribution in [0.4, 0.5) is 11.4 Å². The van der Waals surface area contributed by atoms with Crippen molar-refractivity contribution in [3.8, 4) is 0 Å². The van der Waals surface area contributed by atoms with Crippen LogP contribution in [0.3, 0.4) is 0 Å². The molecule has 2 rings (SSSR count). The number of anilines is 2. The van der Waals surface area contributed by atoms with Crippen molar-refractivity contribution in [1.82, 2.24) is 4.90 Å². The first-order valence-electron chi connectivity index (χ1n) is 5.73. The van der Waals surface area contributed by atoms with E-state index in [0.29, 0.717) is 10.7 Å².